The molecule has 0 fully saturated rings. The summed E-state index contributed by atoms with van der Waals surface area (Å²) in [6, 6.07) is 7.11. The van der Waals surface area contributed by atoms with Crippen LogP contribution in [0.5, 0.6) is 0 Å². The molecule has 3 aromatic rings. The molecule has 2 N–H and O–H groups in total. The van der Waals surface area contributed by atoms with E-state index in [9.17, 15) is 22.9 Å². The lowest BCUT2D eigenvalue weighted by molar-refractivity contribution is -0.647. The molecule has 7 nitrogen and oxygen atoms in total. The van der Waals surface area contributed by atoms with Gasteiger partial charge in [-0.3, -0.25) is 9.35 Å². The zero-order valence-corrected chi connectivity index (χ0v) is 19.8. The minimum absolute atomic E-state index is 0.268. The lowest BCUT2D eigenvalue weighted by Crippen LogP contribution is -2.38. The highest BCUT2D eigenvalue weighted by Gasteiger charge is 2.31. The van der Waals surface area contributed by atoms with E-state index in [2.05, 4.69) is 15.9 Å². The van der Waals surface area contributed by atoms with Gasteiger partial charge < -0.3 is 10.0 Å². The van der Waals surface area contributed by atoms with E-state index in [0.717, 1.165) is 13.4 Å². The van der Waals surface area contributed by atoms with Crippen LogP contribution in [0.1, 0.15) is 5.01 Å². The zero-order valence-electron chi connectivity index (χ0n) is 14.2. The summed E-state index contributed by atoms with van der Waals surface area (Å²) in [6.07, 6.45) is 1.73. The fourth-order valence-electron chi connectivity index (χ4n) is 2.84. The normalized spacial score (nSPS) is 15.4. The maximum Gasteiger partial charge on any atom is 0.326 e. The Hall–Kier alpha value is -1.15. The number of aliphatic carboxylic acids is 1. The third-order valence-electron chi connectivity index (χ3n) is 3.90. The maximum absolute atomic E-state index is 11.6. The fraction of sp³-hybridized carbons (Fsp3) is 0.125. The predicted octanol–water partition coefficient (Wildman–Crippen LogP) is 4.51. The number of fused-ring (bicyclic) bond motifs is 2. The van der Waals surface area contributed by atoms with Crippen LogP contribution in [0.25, 0.3) is 15.6 Å². The summed E-state index contributed by atoms with van der Waals surface area (Å²) in [5, 5.41) is 11.0. The Morgan fingerprint density at radius 1 is 1.31 bits per heavy atom. The third kappa shape index (κ3) is 4.48. The van der Waals surface area contributed by atoms with Crippen LogP contribution in [0.15, 0.2) is 38.0 Å². The monoisotopic (exact) mass is 553 g/mol. The average molecular weight is 555 g/mol. The van der Waals surface area contributed by atoms with Crippen molar-refractivity contribution in [1.29, 1.82) is 0 Å². The van der Waals surface area contributed by atoms with Gasteiger partial charge in [0.25, 0.3) is 15.7 Å². The molecule has 1 aromatic carbocycles. The Balaban J connectivity index is 1.84. The second kappa shape index (κ2) is 7.84. The SMILES string of the molecule is O=C(O)CN1/C(=C/c2sc3cc(Br)sc3[n+]2CS(=O)(=O)O)Sc2ccc(Cl)cc21. The molecule has 3 heterocycles. The number of thiazole rings is 1. The van der Waals surface area contributed by atoms with Gasteiger partial charge >= 0.3 is 16.1 Å². The number of carbonyl (C=O) groups is 1. The number of halogens is 2. The largest absolute Gasteiger partial charge is 0.480 e. The molecule has 4 rings (SSSR count). The van der Waals surface area contributed by atoms with Gasteiger partial charge in [0.05, 0.1) is 20.6 Å². The van der Waals surface area contributed by atoms with E-state index < -0.39 is 22.0 Å². The van der Waals surface area contributed by atoms with Gasteiger partial charge in [-0.2, -0.15) is 13.0 Å². The van der Waals surface area contributed by atoms with Crippen LogP contribution in [-0.4, -0.2) is 30.6 Å². The number of aromatic nitrogens is 1. The van der Waals surface area contributed by atoms with E-state index in [-0.39, 0.29) is 6.54 Å². The lowest BCUT2D eigenvalue weighted by atomic mass is 10.3. The van der Waals surface area contributed by atoms with E-state index in [1.807, 2.05) is 12.1 Å². The van der Waals surface area contributed by atoms with Crippen molar-refractivity contribution < 1.29 is 27.4 Å². The highest BCUT2D eigenvalue weighted by Crippen LogP contribution is 2.47. The Morgan fingerprint density at radius 2 is 2.07 bits per heavy atom. The highest BCUT2D eigenvalue weighted by molar-refractivity contribution is 9.11. The molecular formula is C16H11BrClN2O5S4+. The Labute approximate surface area is 191 Å². The molecule has 13 heteroatoms. The molecule has 0 aliphatic carbocycles. The number of hydrogen-bond donors (Lipinski definition) is 2. The molecule has 29 heavy (non-hydrogen) atoms. The Kier molecular flexibility index (Phi) is 5.70. The highest BCUT2D eigenvalue weighted by atomic mass is 79.9. The van der Waals surface area contributed by atoms with Crippen LogP contribution in [-0.2, 0) is 20.8 Å². The van der Waals surface area contributed by atoms with Crippen LogP contribution in [0.2, 0.25) is 5.02 Å². The molecule has 0 spiro atoms. The standard InChI is InChI=1S/C16H10BrClN2O5S4/c17-12-4-11-16(28-12)20(7-29(23,24)25)14(27-11)5-13-19(6-15(21)22)9-3-8(18)1-2-10(9)26-13/h1-5H,6-7H2,(H-,21,22,23,24,25)/p+1. The first-order valence-electron chi connectivity index (χ1n) is 7.86. The first-order chi connectivity index (χ1) is 13.6. The number of thiophene rings is 1. The third-order valence-corrected chi connectivity index (χ3v) is 8.70. The van der Waals surface area contributed by atoms with Crippen molar-refractivity contribution in [3.05, 3.63) is 43.1 Å². The van der Waals surface area contributed by atoms with Crippen molar-refractivity contribution >= 4 is 99.3 Å². The molecule has 0 saturated heterocycles. The molecule has 2 aromatic heterocycles. The minimum Gasteiger partial charge on any atom is -0.480 e. The van der Waals surface area contributed by atoms with E-state index in [1.54, 1.807) is 23.1 Å². The summed E-state index contributed by atoms with van der Waals surface area (Å²) < 4.78 is 35.7. The van der Waals surface area contributed by atoms with Gasteiger partial charge in [0.1, 0.15) is 11.2 Å². The van der Waals surface area contributed by atoms with Crippen LogP contribution < -0.4 is 9.47 Å². The summed E-state index contributed by atoms with van der Waals surface area (Å²) in [4.78, 5) is 14.6. The molecule has 1 aliphatic rings. The van der Waals surface area contributed by atoms with E-state index >= 15 is 0 Å². The van der Waals surface area contributed by atoms with Crippen molar-refractivity contribution in [2.75, 3.05) is 11.4 Å². The molecule has 0 saturated carbocycles. The topological polar surface area (TPSA) is 98.8 Å². The molecule has 0 radical (unpaired) electrons. The van der Waals surface area contributed by atoms with Crippen molar-refractivity contribution in [3.63, 3.8) is 0 Å². The van der Waals surface area contributed by atoms with Crippen molar-refractivity contribution in [3.8, 4) is 0 Å². The van der Waals surface area contributed by atoms with Crippen molar-refractivity contribution in [1.82, 2.24) is 0 Å². The van der Waals surface area contributed by atoms with Crippen LogP contribution >= 0.6 is 62.0 Å². The number of hydrogen-bond acceptors (Lipinski definition) is 7. The van der Waals surface area contributed by atoms with Crippen LogP contribution in [0.4, 0.5) is 5.69 Å². The maximum atomic E-state index is 11.6. The summed E-state index contributed by atoms with van der Waals surface area (Å²) >= 11 is 13.5. The van der Waals surface area contributed by atoms with Crippen molar-refractivity contribution in [2.24, 2.45) is 0 Å². The Morgan fingerprint density at radius 3 is 2.76 bits per heavy atom. The molecule has 0 unspecified atom stereocenters. The molecule has 152 valence electrons. The average Bonchev–Trinajstić information content (AvgIpc) is 3.20. The Bertz CT molecular complexity index is 1280. The van der Waals surface area contributed by atoms with Gasteiger partial charge in [-0.25, -0.2) is 0 Å². The molecule has 0 atom stereocenters. The zero-order chi connectivity index (χ0) is 20.9. The number of rotatable bonds is 5. The number of carboxylic acids is 1. The van der Waals surface area contributed by atoms with Gasteiger partial charge in [0.2, 0.25) is 0 Å². The molecule has 1 aliphatic heterocycles. The van der Waals surface area contributed by atoms with E-state index in [4.69, 9.17) is 11.6 Å². The summed E-state index contributed by atoms with van der Waals surface area (Å²) in [5.41, 5.74) is 0.679. The second-order valence-electron chi connectivity index (χ2n) is 5.98. The minimum atomic E-state index is -4.28. The molecule has 0 amide bonds. The van der Waals surface area contributed by atoms with Crippen molar-refractivity contribution in [2.45, 2.75) is 10.8 Å². The smallest absolute Gasteiger partial charge is 0.326 e. The summed E-state index contributed by atoms with van der Waals surface area (Å²) in [7, 11) is -4.28. The van der Waals surface area contributed by atoms with E-state index in [1.165, 1.54) is 39.0 Å². The first-order valence-corrected chi connectivity index (χ1v) is 13.1. The lowest BCUT2D eigenvalue weighted by Gasteiger charge is -2.17. The number of nitrogens with zero attached hydrogens (tertiary/aromatic N) is 2. The van der Waals surface area contributed by atoms with Crippen LogP contribution in [0, 0.1) is 0 Å². The molecular weight excluding hydrogens is 544 g/mol. The summed E-state index contributed by atoms with van der Waals surface area (Å²) in [6.45, 7) is -0.268. The van der Waals surface area contributed by atoms with Gasteiger partial charge in [0.15, 0.2) is 0 Å². The molecule has 0 bridgehead atoms. The quantitative estimate of drug-likeness (QED) is 0.354. The predicted molar refractivity (Wildman–Crippen MR) is 119 cm³/mol. The summed E-state index contributed by atoms with van der Waals surface area (Å²) in [5.74, 6) is -1.60. The van der Waals surface area contributed by atoms with Gasteiger partial charge in [-0.15, -0.1) is 0 Å². The second-order valence-corrected chi connectivity index (χ2v) is 12.4. The van der Waals surface area contributed by atoms with Crippen LogP contribution in [0.3, 0.4) is 0 Å². The number of carboxylic acid groups (broad SMARTS) is 1. The van der Waals surface area contributed by atoms with Gasteiger partial charge in [-0.1, -0.05) is 46.0 Å². The fourth-order valence-corrected chi connectivity index (χ4v) is 7.98. The number of anilines is 1. The first kappa shape index (κ1) is 21.1. The number of benzene rings is 1. The number of thioether (sulfide) groups is 1. The van der Waals surface area contributed by atoms with Gasteiger partial charge in [-0.05, 0) is 40.2 Å². The van der Waals surface area contributed by atoms with Gasteiger partial charge in [0, 0.05) is 9.92 Å². The van der Waals surface area contributed by atoms with E-state index in [0.29, 0.717) is 25.6 Å².